The lowest BCUT2D eigenvalue weighted by atomic mass is 15.6. The standard InChI is InChI=1S/O6P4S2/c11-9-2-7-1-8(4-9)5-10(12,3-7)6-9. The Kier molecular flexibility index (Phi) is 2.09. The van der Waals surface area contributed by atoms with Gasteiger partial charge >= 0.3 is 30.6 Å². The predicted octanol–water partition coefficient (Wildman–Crippen LogP) is 3.03. The van der Waals surface area contributed by atoms with E-state index >= 15 is 0 Å². The van der Waals surface area contributed by atoms with Gasteiger partial charge in [0.05, 0.1) is 0 Å². The molecule has 0 spiro atoms. The highest BCUT2D eigenvalue weighted by molar-refractivity contribution is 8.20. The molecule has 0 aromatic carbocycles. The van der Waals surface area contributed by atoms with Crippen LogP contribution in [0, 0.1) is 0 Å². The molecule has 12 heteroatoms. The fraction of sp³-hybridized carbons (Fsp3) is 0. The van der Waals surface area contributed by atoms with E-state index in [-0.39, 0.29) is 0 Å². The maximum Gasteiger partial charge on any atom is 0.355 e. The lowest BCUT2D eigenvalue weighted by Gasteiger charge is -2.45. The summed E-state index contributed by atoms with van der Waals surface area (Å²) in [5.41, 5.74) is 0. The lowest BCUT2D eigenvalue weighted by molar-refractivity contribution is 0.192. The van der Waals surface area contributed by atoms with Gasteiger partial charge in [-0.3, -0.25) is 0 Å². The maximum absolute atomic E-state index is 5.11. The van der Waals surface area contributed by atoms with Crippen LogP contribution in [0.15, 0.2) is 0 Å². The molecular weight excluding hydrogens is 284 g/mol. The first-order valence-electron chi connectivity index (χ1n) is 2.56. The Hall–Kier alpha value is 1.92. The topological polar surface area (TPSA) is 55.4 Å². The molecule has 4 heterocycles. The molecule has 6 nitrogen and oxygen atoms in total. The molecule has 0 aromatic heterocycles. The largest absolute Gasteiger partial charge is 0.355 e. The van der Waals surface area contributed by atoms with Gasteiger partial charge in [0, 0.05) is 0 Å². The van der Waals surface area contributed by atoms with Crippen molar-refractivity contribution in [1.82, 2.24) is 0 Å². The molecule has 4 bridgehead atoms. The van der Waals surface area contributed by atoms with Gasteiger partial charge in [-0.2, -0.15) is 0 Å². The number of rotatable bonds is 0. The summed E-state index contributed by atoms with van der Waals surface area (Å²) < 4.78 is 30.4. The van der Waals surface area contributed by atoms with Crippen LogP contribution in [0.3, 0.4) is 0 Å². The van der Waals surface area contributed by atoms with Crippen molar-refractivity contribution in [2.24, 2.45) is 0 Å². The molecule has 12 heavy (non-hydrogen) atoms. The summed E-state index contributed by atoms with van der Waals surface area (Å²) in [6.45, 7) is -5.35. The highest BCUT2D eigenvalue weighted by Crippen LogP contribution is 2.95. The van der Waals surface area contributed by atoms with Crippen molar-refractivity contribution in [3.8, 4) is 0 Å². The molecule has 4 fully saturated rings. The van der Waals surface area contributed by atoms with Crippen molar-refractivity contribution in [2.45, 2.75) is 0 Å². The van der Waals surface area contributed by atoms with Crippen molar-refractivity contribution in [3.05, 3.63) is 0 Å². The van der Waals surface area contributed by atoms with Crippen LogP contribution in [0.4, 0.5) is 0 Å². The van der Waals surface area contributed by atoms with Crippen LogP contribution in [-0.4, -0.2) is 0 Å². The van der Waals surface area contributed by atoms with Crippen LogP contribution in [0.25, 0.3) is 0 Å². The summed E-state index contributed by atoms with van der Waals surface area (Å²) in [6.07, 6.45) is 0. The van der Waals surface area contributed by atoms with Crippen molar-refractivity contribution in [1.29, 1.82) is 0 Å². The fourth-order valence-electron chi connectivity index (χ4n) is 0.682. The first-order valence-corrected chi connectivity index (χ1v) is 9.86. The Bertz CT molecular complexity index is 276. The third-order valence-corrected chi connectivity index (χ3v) is 12.6. The zero-order chi connectivity index (χ0) is 8.40. The van der Waals surface area contributed by atoms with Gasteiger partial charge in [0.15, 0.2) is 0 Å². The van der Waals surface area contributed by atoms with E-state index in [0.717, 1.165) is 0 Å². The highest BCUT2D eigenvalue weighted by Gasteiger charge is 2.59. The summed E-state index contributed by atoms with van der Waals surface area (Å²) in [4.78, 5) is 0. The summed E-state index contributed by atoms with van der Waals surface area (Å²) >= 11 is 9.92. The van der Waals surface area contributed by atoms with Crippen LogP contribution in [-0.2, 0) is 49.5 Å². The van der Waals surface area contributed by atoms with Gasteiger partial charge in [-0.05, 0) is 23.6 Å². The molecule has 0 atom stereocenters. The van der Waals surface area contributed by atoms with E-state index in [0.29, 0.717) is 0 Å². The van der Waals surface area contributed by atoms with Crippen LogP contribution < -0.4 is 0 Å². The predicted molar refractivity (Wildman–Crippen MR) is 48.9 cm³/mol. The van der Waals surface area contributed by atoms with E-state index in [1.807, 2.05) is 0 Å². The average Bonchev–Trinajstić information content (AvgIpc) is 1.75. The quantitative estimate of drug-likeness (QED) is 0.629. The van der Waals surface area contributed by atoms with Gasteiger partial charge in [0.1, 0.15) is 0 Å². The van der Waals surface area contributed by atoms with E-state index in [2.05, 4.69) is 0 Å². The lowest BCUT2D eigenvalue weighted by Crippen LogP contribution is -2.15. The monoisotopic (exact) mass is 284 g/mol. The Morgan fingerprint density at radius 3 is 1.58 bits per heavy atom. The van der Waals surface area contributed by atoms with Crippen molar-refractivity contribution >= 4 is 54.3 Å². The summed E-state index contributed by atoms with van der Waals surface area (Å²) in [5, 5.41) is 0. The van der Waals surface area contributed by atoms with Gasteiger partial charge in [-0.1, -0.05) is 0 Å². The second-order valence-electron chi connectivity index (χ2n) is 1.83. The first kappa shape index (κ1) is 9.17. The van der Waals surface area contributed by atoms with Gasteiger partial charge in [0.2, 0.25) is 0 Å². The molecule has 4 saturated heterocycles. The molecule has 0 aromatic rings. The number of hydrogen-bond acceptors (Lipinski definition) is 8. The van der Waals surface area contributed by atoms with E-state index in [9.17, 15) is 0 Å². The van der Waals surface area contributed by atoms with Crippen LogP contribution in [0.2, 0.25) is 0 Å². The molecule has 68 valence electrons. The molecule has 0 amide bonds. The minimum Gasteiger partial charge on any atom is -0.236 e. The molecule has 0 radical (unpaired) electrons. The molecule has 4 rings (SSSR count). The van der Waals surface area contributed by atoms with E-state index in [1.165, 1.54) is 0 Å². The van der Waals surface area contributed by atoms with Crippen LogP contribution >= 0.6 is 30.6 Å². The molecule has 0 unspecified atom stereocenters. The Labute approximate surface area is 80.3 Å². The zero-order valence-electron chi connectivity index (χ0n) is 5.05. The van der Waals surface area contributed by atoms with Gasteiger partial charge in [-0.15, -0.1) is 0 Å². The third-order valence-electron chi connectivity index (χ3n) is 1.000. The second kappa shape index (κ2) is 2.73. The molecule has 0 saturated carbocycles. The van der Waals surface area contributed by atoms with Gasteiger partial charge in [-0.25, -0.2) is 25.9 Å². The van der Waals surface area contributed by atoms with Gasteiger partial charge < -0.3 is 0 Å². The zero-order valence-corrected chi connectivity index (χ0v) is 10.3. The van der Waals surface area contributed by atoms with Crippen molar-refractivity contribution in [2.75, 3.05) is 0 Å². The van der Waals surface area contributed by atoms with Crippen molar-refractivity contribution in [3.63, 3.8) is 0 Å². The molecule has 0 aliphatic carbocycles. The first-order chi connectivity index (χ1) is 5.57. The average molecular weight is 284 g/mol. The molecule has 4 aliphatic rings. The summed E-state index contributed by atoms with van der Waals surface area (Å²) in [6, 6.07) is 0. The normalized spacial score (nSPS) is 62.3. The molecule has 0 N–H and O–H groups in total. The highest BCUT2D eigenvalue weighted by atomic mass is 32.5. The Morgan fingerprint density at radius 1 is 0.833 bits per heavy atom. The maximum atomic E-state index is 5.11. The Morgan fingerprint density at radius 2 is 1.25 bits per heavy atom. The molecule has 4 aliphatic heterocycles. The van der Waals surface area contributed by atoms with E-state index < -0.39 is 30.6 Å². The minimum atomic E-state index is -2.67. The van der Waals surface area contributed by atoms with Gasteiger partial charge in [0.25, 0.3) is 0 Å². The summed E-state index contributed by atoms with van der Waals surface area (Å²) in [5.74, 6) is 0. The Balaban J connectivity index is 2.09. The summed E-state index contributed by atoms with van der Waals surface area (Å²) in [7, 11) is -2.93. The van der Waals surface area contributed by atoms with E-state index in [4.69, 9.17) is 49.5 Å². The second-order valence-corrected chi connectivity index (χ2v) is 11.1. The smallest absolute Gasteiger partial charge is 0.236 e. The SMILES string of the molecule is S=P12OP3OP(O1)OP(=S)(O3)O2. The van der Waals surface area contributed by atoms with Crippen LogP contribution in [0.1, 0.15) is 0 Å². The fourth-order valence-corrected chi connectivity index (χ4v) is 13.3. The van der Waals surface area contributed by atoms with E-state index in [1.54, 1.807) is 0 Å². The third kappa shape index (κ3) is 1.40. The minimum absolute atomic E-state index is 1.46. The van der Waals surface area contributed by atoms with Crippen LogP contribution in [0.5, 0.6) is 0 Å². The van der Waals surface area contributed by atoms with Crippen molar-refractivity contribution < 1.29 is 25.9 Å². The number of hydrogen-bond donors (Lipinski definition) is 0. The molecular formula is O6P4S2.